The van der Waals surface area contributed by atoms with Crippen LogP contribution in [0.1, 0.15) is 67.1 Å². The summed E-state index contributed by atoms with van der Waals surface area (Å²) in [4.78, 5) is 43.3. The first-order valence-corrected chi connectivity index (χ1v) is 14.1. The number of hydrogen-bond donors (Lipinski definition) is 5. The number of aliphatic hydroxyl groups excluding tert-OH is 2. The van der Waals surface area contributed by atoms with Crippen LogP contribution in [0.4, 0.5) is 0 Å². The molecule has 0 spiro atoms. The van der Waals surface area contributed by atoms with E-state index in [1.165, 1.54) is 11.0 Å². The van der Waals surface area contributed by atoms with Gasteiger partial charge in [0.15, 0.2) is 11.4 Å². The van der Waals surface area contributed by atoms with E-state index in [2.05, 4.69) is 18.7 Å². The average molecular weight is 574 g/mol. The molecule has 11 heteroatoms. The number of amides is 1. The number of nitrogens with two attached hydrogens (primary N) is 1. The SMILES string of the molecule is CCCN1C(C)CCC1c1cc(O)c2c(c1Cl)C[C@H]1C[C@H]3[C@H](N(C)C)C(O)=C(C(N)=O)C(=O)[C@@]3(O)C(O)=C1C2=O. The van der Waals surface area contributed by atoms with Crippen LogP contribution in [0.5, 0.6) is 5.75 Å². The first-order valence-electron chi connectivity index (χ1n) is 13.7. The molecule has 0 radical (unpaired) electrons. The van der Waals surface area contributed by atoms with E-state index in [1.54, 1.807) is 14.1 Å². The Bertz CT molecular complexity index is 1390. The maximum absolute atomic E-state index is 13.9. The number of aliphatic hydroxyl groups is 3. The number of fused-ring (bicyclic) bond motifs is 3. The third-order valence-electron chi connectivity index (χ3n) is 9.35. The average Bonchev–Trinajstić information content (AvgIpc) is 3.23. The van der Waals surface area contributed by atoms with Crippen molar-refractivity contribution in [1.82, 2.24) is 9.80 Å². The number of likely N-dealkylation sites (N-methyl/N-ethyl adjacent to an activating group) is 1. The van der Waals surface area contributed by atoms with Gasteiger partial charge in [-0.05, 0) is 82.8 Å². The summed E-state index contributed by atoms with van der Waals surface area (Å²) in [6.07, 6.45) is 2.99. The highest BCUT2D eigenvalue weighted by Gasteiger charge is 2.63. The molecule has 1 aromatic rings. The Hall–Kier alpha value is -2.92. The molecule has 216 valence electrons. The minimum absolute atomic E-state index is 0.0149. The summed E-state index contributed by atoms with van der Waals surface area (Å²) in [5.74, 6) is -6.74. The zero-order chi connectivity index (χ0) is 29.4. The molecule has 1 heterocycles. The van der Waals surface area contributed by atoms with Crippen LogP contribution in [0.3, 0.4) is 0 Å². The van der Waals surface area contributed by atoms with Crippen molar-refractivity contribution in [3.8, 4) is 5.75 Å². The molecule has 1 amide bonds. The Morgan fingerprint density at radius 1 is 1.23 bits per heavy atom. The normalized spacial score (nSPS) is 32.4. The van der Waals surface area contributed by atoms with Gasteiger partial charge in [-0.25, -0.2) is 0 Å². The van der Waals surface area contributed by atoms with Crippen LogP contribution < -0.4 is 5.73 Å². The van der Waals surface area contributed by atoms with E-state index < -0.39 is 58.0 Å². The summed E-state index contributed by atoms with van der Waals surface area (Å²) >= 11 is 6.99. The van der Waals surface area contributed by atoms with Gasteiger partial charge in [0.05, 0.1) is 11.6 Å². The van der Waals surface area contributed by atoms with Gasteiger partial charge >= 0.3 is 0 Å². The number of benzene rings is 1. The fourth-order valence-corrected chi connectivity index (χ4v) is 7.92. The van der Waals surface area contributed by atoms with Crippen molar-refractivity contribution >= 4 is 29.1 Å². The van der Waals surface area contributed by atoms with Crippen LogP contribution in [-0.4, -0.2) is 86.0 Å². The summed E-state index contributed by atoms with van der Waals surface area (Å²) < 4.78 is 0. The molecule has 3 aliphatic carbocycles. The lowest BCUT2D eigenvalue weighted by atomic mass is 9.58. The second-order valence-electron chi connectivity index (χ2n) is 11.8. The molecule has 1 fully saturated rings. The van der Waals surface area contributed by atoms with Crippen LogP contribution >= 0.6 is 11.6 Å². The molecule has 0 aromatic heterocycles. The maximum Gasteiger partial charge on any atom is 0.255 e. The number of ketones is 2. The molecular formula is C29H36ClN3O7. The molecule has 5 rings (SSSR count). The maximum atomic E-state index is 13.9. The number of likely N-dealkylation sites (tertiary alicyclic amines) is 1. The Morgan fingerprint density at radius 2 is 1.90 bits per heavy atom. The molecule has 40 heavy (non-hydrogen) atoms. The van der Waals surface area contributed by atoms with Gasteiger partial charge in [0.1, 0.15) is 22.8 Å². The lowest BCUT2D eigenvalue weighted by Crippen LogP contribution is -2.63. The van der Waals surface area contributed by atoms with Gasteiger partial charge in [0.25, 0.3) is 5.91 Å². The van der Waals surface area contributed by atoms with Crippen molar-refractivity contribution in [3.05, 3.63) is 50.4 Å². The summed E-state index contributed by atoms with van der Waals surface area (Å²) in [7, 11) is 3.19. The van der Waals surface area contributed by atoms with Crippen molar-refractivity contribution in [2.45, 2.75) is 69.7 Å². The van der Waals surface area contributed by atoms with Crippen LogP contribution in [0.25, 0.3) is 0 Å². The second-order valence-corrected chi connectivity index (χ2v) is 12.2. The van der Waals surface area contributed by atoms with Gasteiger partial charge in [-0.3, -0.25) is 24.2 Å². The fourth-order valence-electron chi connectivity index (χ4n) is 7.57. The number of Topliss-reactive ketones (excluding diaryl/α,β-unsaturated/α-hetero) is 2. The number of halogens is 1. The highest BCUT2D eigenvalue weighted by atomic mass is 35.5. The van der Waals surface area contributed by atoms with Crippen LogP contribution in [0.15, 0.2) is 28.7 Å². The molecule has 0 bridgehead atoms. The third kappa shape index (κ3) is 3.83. The van der Waals surface area contributed by atoms with E-state index in [0.29, 0.717) is 16.6 Å². The molecule has 2 unspecified atom stereocenters. The van der Waals surface area contributed by atoms with Crippen molar-refractivity contribution in [2.75, 3.05) is 20.6 Å². The molecule has 1 aliphatic heterocycles. The minimum atomic E-state index is -2.66. The number of phenols is 1. The highest BCUT2D eigenvalue weighted by Crippen LogP contribution is 2.54. The summed E-state index contributed by atoms with van der Waals surface area (Å²) in [6, 6.07) is 0.811. The van der Waals surface area contributed by atoms with Crippen LogP contribution in [-0.2, 0) is 16.0 Å². The van der Waals surface area contributed by atoms with E-state index in [1.807, 2.05) is 0 Å². The number of aromatic hydroxyl groups is 1. The van der Waals surface area contributed by atoms with E-state index in [0.717, 1.165) is 31.4 Å². The lowest BCUT2D eigenvalue weighted by Gasteiger charge is -2.50. The summed E-state index contributed by atoms with van der Waals surface area (Å²) in [6.45, 7) is 5.13. The first-order chi connectivity index (χ1) is 18.8. The van der Waals surface area contributed by atoms with Gasteiger partial charge in [0.2, 0.25) is 5.78 Å². The Balaban J connectivity index is 1.65. The molecule has 10 nitrogen and oxygen atoms in total. The first kappa shape index (κ1) is 28.6. The third-order valence-corrected chi connectivity index (χ3v) is 9.80. The molecule has 0 saturated carbocycles. The largest absolute Gasteiger partial charge is 0.510 e. The van der Waals surface area contributed by atoms with Gasteiger partial charge in [-0.2, -0.15) is 0 Å². The number of hydrogen-bond acceptors (Lipinski definition) is 9. The molecule has 4 aliphatic rings. The van der Waals surface area contributed by atoms with Crippen molar-refractivity contribution < 1.29 is 34.8 Å². The van der Waals surface area contributed by atoms with Crippen LogP contribution in [0, 0.1) is 11.8 Å². The molecule has 6 atom stereocenters. The van der Waals surface area contributed by atoms with Gasteiger partial charge in [0, 0.05) is 28.6 Å². The molecular weight excluding hydrogens is 538 g/mol. The number of carbonyl (C=O) groups excluding carboxylic acids is 3. The zero-order valence-corrected chi connectivity index (χ0v) is 23.8. The number of phenolic OH excluding ortho intramolecular Hbond substituents is 1. The van der Waals surface area contributed by atoms with Crippen molar-refractivity contribution in [1.29, 1.82) is 0 Å². The molecule has 1 aromatic carbocycles. The van der Waals surface area contributed by atoms with Gasteiger partial charge in [-0.15, -0.1) is 0 Å². The topological polar surface area (TPSA) is 165 Å². The van der Waals surface area contributed by atoms with E-state index in [-0.39, 0.29) is 35.8 Å². The fraction of sp³-hybridized carbons (Fsp3) is 0.552. The second kappa shape index (κ2) is 9.87. The van der Waals surface area contributed by atoms with Crippen molar-refractivity contribution in [3.63, 3.8) is 0 Å². The highest BCUT2D eigenvalue weighted by molar-refractivity contribution is 6.33. The van der Waals surface area contributed by atoms with Crippen LogP contribution in [0.2, 0.25) is 5.02 Å². The Labute approximate surface area is 237 Å². The molecule has 1 saturated heterocycles. The van der Waals surface area contributed by atoms with Crippen molar-refractivity contribution in [2.24, 2.45) is 17.6 Å². The number of rotatable bonds is 5. The number of carbonyl (C=O) groups is 3. The van der Waals surface area contributed by atoms with Gasteiger partial charge in [-0.1, -0.05) is 18.5 Å². The monoisotopic (exact) mass is 573 g/mol. The van der Waals surface area contributed by atoms with E-state index in [9.17, 15) is 34.8 Å². The van der Waals surface area contributed by atoms with Gasteiger partial charge < -0.3 is 26.2 Å². The van der Waals surface area contributed by atoms with E-state index in [4.69, 9.17) is 17.3 Å². The zero-order valence-electron chi connectivity index (χ0n) is 23.1. The predicted octanol–water partition coefficient (Wildman–Crippen LogP) is 2.71. The molecule has 6 N–H and O–H groups in total. The van der Waals surface area contributed by atoms with E-state index >= 15 is 0 Å². The lowest BCUT2D eigenvalue weighted by molar-refractivity contribution is -0.148. The smallest absolute Gasteiger partial charge is 0.255 e. The summed E-state index contributed by atoms with van der Waals surface area (Å²) in [5, 5.41) is 45.5. The standard InChI is InChI=1S/C29H36ClN3O7/c1-5-8-33-12(2)6-7-17(33)14-11-18(34)20-15(22(14)30)9-13-10-16-23(32(3)4)25(36)21(28(31)39)27(38)29(16,40)26(37)19(13)24(20)35/h11-13,16-17,23,34,36-37,40H,5-10H2,1-4H3,(H2,31,39)/t12?,13-,16-,17?,23-,29-/m0/s1. The Morgan fingerprint density at radius 3 is 2.50 bits per heavy atom. The minimum Gasteiger partial charge on any atom is -0.510 e. The quantitative estimate of drug-likeness (QED) is 0.333. The number of nitrogens with zero attached hydrogens (tertiary/aromatic N) is 2. The number of allylic oxidation sites excluding steroid dienone is 1. The summed E-state index contributed by atoms with van der Waals surface area (Å²) in [5.41, 5.74) is 2.84. The Kier molecular flexibility index (Phi) is 7.06. The predicted molar refractivity (Wildman–Crippen MR) is 147 cm³/mol. The number of primary amides is 1.